The van der Waals surface area contributed by atoms with Crippen LogP contribution in [0.15, 0.2) is 22.6 Å². The van der Waals surface area contributed by atoms with Crippen molar-refractivity contribution in [1.29, 1.82) is 0 Å². The molecule has 2 N–H and O–H groups in total. The van der Waals surface area contributed by atoms with E-state index < -0.39 is 36.4 Å². The van der Waals surface area contributed by atoms with Gasteiger partial charge in [-0.2, -0.15) is 0 Å². The Balaban J connectivity index is 1.89. The zero-order valence-corrected chi connectivity index (χ0v) is 14.9. The van der Waals surface area contributed by atoms with E-state index in [0.29, 0.717) is 35.0 Å². The Bertz CT molecular complexity index is 744. The van der Waals surface area contributed by atoms with Crippen LogP contribution in [0.5, 0.6) is 0 Å². The van der Waals surface area contributed by atoms with Crippen molar-refractivity contribution in [2.45, 2.75) is 44.8 Å². The average molecular weight is 383 g/mol. The van der Waals surface area contributed by atoms with Gasteiger partial charge in [0.15, 0.2) is 0 Å². The molecule has 1 aliphatic heterocycles. The van der Waals surface area contributed by atoms with Crippen LogP contribution >= 0.6 is 11.6 Å². The maximum atomic E-state index is 12.8. The fourth-order valence-electron chi connectivity index (χ4n) is 3.55. The van der Waals surface area contributed by atoms with Crippen molar-refractivity contribution >= 4 is 35.2 Å². The van der Waals surface area contributed by atoms with E-state index in [1.54, 1.807) is 6.08 Å². The minimum Gasteiger partial charge on any atom is -0.489 e. The molecule has 26 heavy (non-hydrogen) atoms. The number of carbonyl (C=O) groups is 4. The van der Waals surface area contributed by atoms with Crippen LogP contribution in [-0.4, -0.2) is 52.3 Å². The number of Topliss-reactive ketones (excluding diaryl/α,β-unsaturated/α-hetero) is 1. The first-order valence-electron chi connectivity index (χ1n) is 8.36. The smallest absolute Gasteiger partial charge is 0.323 e. The number of carbonyl (C=O) groups excluding carboxylic acids is 3. The van der Waals surface area contributed by atoms with Crippen LogP contribution in [0.2, 0.25) is 0 Å². The third-order valence-corrected chi connectivity index (χ3v) is 5.09. The molecule has 3 atom stereocenters. The number of nitrogens with one attached hydrogen (secondary N) is 1. The lowest BCUT2D eigenvalue weighted by Gasteiger charge is -2.43. The molecule has 0 aromatic carbocycles. The van der Waals surface area contributed by atoms with Crippen molar-refractivity contribution in [3.8, 4) is 0 Å². The third kappa shape index (κ3) is 3.46. The first kappa shape index (κ1) is 18.4. The molecule has 0 radical (unpaired) electrons. The van der Waals surface area contributed by atoms with Gasteiger partial charge in [0.2, 0.25) is 11.8 Å². The van der Waals surface area contributed by atoms with Crippen molar-refractivity contribution in [3.05, 3.63) is 22.6 Å². The number of aliphatic carboxylic acids is 1. The SMILES string of the molecule is CC(=O)N(CC(=O)O)C(=O)C1C(=O)CCC2NC3=C(CCC(Cl)=C3)OC21. The second-order valence-electron chi connectivity index (χ2n) is 6.58. The molecule has 1 fully saturated rings. The molecule has 3 rings (SSSR count). The normalized spacial score (nSPS) is 27.4. The third-order valence-electron chi connectivity index (χ3n) is 4.79. The van der Waals surface area contributed by atoms with Gasteiger partial charge >= 0.3 is 5.97 Å². The highest BCUT2D eigenvalue weighted by molar-refractivity contribution is 6.29. The quantitative estimate of drug-likeness (QED) is 0.697. The number of nitrogens with zero attached hydrogens (tertiary/aromatic N) is 1. The summed E-state index contributed by atoms with van der Waals surface area (Å²) in [4.78, 5) is 48.6. The predicted molar refractivity (Wildman–Crippen MR) is 89.8 cm³/mol. The van der Waals surface area contributed by atoms with Gasteiger partial charge in [-0.05, 0) is 18.9 Å². The highest BCUT2D eigenvalue weighted by atomic mass is 35.5. The second kappa shape index (κ2) is 7.11. The minimum absolute atomic E-state index is 0.146. The summed E-state index contributed by atoms with van der Waals surface area (Å²) in [5.41, 5.74) is 0.747. The molecule has 9 heteroatoms. The molecule has 0 aromatic heterocycles. The van der Waals surface area contributed by atoms with Crippen molar-refractivity contribution in [2.75, 3.05) is 6.54 Å². The van der Waals surface area contributed by atoms with Gasteiger partial charge in [-0.15, -0.1) is 0 Å². The van der Waals surface area contributed by atoms with Gasteiger partial charge in [-0.25, -0.2) is 0 Å². The van der Waals surface area contributed by atoms with E-state index in [9.17, 15) is 19.2 Å². The predicted octanol–water partition coefficient (Wildman–Crippen LogP) is 0.910. The molecule has 1 heterocycles. The van der Waals surface area contributed by atoms with E-state index in [4.69, 9.17) is 21.4 Å². The van der Waals surface area contributed by atoms with Crippen molar-refractivity contribution < 1.29 is 29.0 Å². The Kier molecular flexibility index (Phi) is 5.04. The average Bonchev–Trinajstić information content (AvgIpc) is 2.57. The molecule has 0 bridgehead atoms. The monoisotopic (exact) mass is 382 g/mol. The lowest BCUT2D eigenvalue weighted by molar-refractivity contribution is -0.160. The number of halogens is 1. The number of amides is 2. The van der Waals surface area contributed by atoms with Crippen LogP contribution in [0, 0.1) is 5.92 Å². The topological polar surface area (TPSA) is 113 Å². The van der Waals surface area contributed by atoms with Crippen LogP contribution in [0.3, 0.4) is 0 Å². The molecule has 0 aromatic rings. The van der Waals surface area contributed by atoms with E-state index in [1.165, 1.54) is 0 Å². The Morgan fingerprint density at radius 3 is 2.73 bits per heavy atom. The maximum absolute atomic E-state index is 12.8. The molecule has 0 saturated heterocycles. The van der Waals surface area contributed by atoms with Crippen molar-refractivity contribution in [1.82, 2.24) is 10.2 Å². The first-order chi connectivity index (χ1) is 12.3. The number of carboxylic acid groups (broad SMARTS) is 1. The Hall–Kier alpha value is -2.35. The van der Waals surface area contributed by atoms with Gasteiger partial charge in [-0.3, -0.25) is 24.1 Å². The summed E-state index contributed by atoms with van der Waals surface area (Å²) in [6, 6.07) is -0.294. The lowest BCUT2D eigenvalue weighted by atomic mass is 9.79. The van der Waals surface area contributed by atoms with Gasteiger partial charge in [0.05, 0.1) is 11.7 Å². The lowest BCUT2D eigenvalue weighted by Crippen LogP contribution is -2.59. The summed E-state index contributed by atoms with van der Waals surface area (Å²) in [5.74, 6) is -3.80. The Morgan fingerprint density at radius 2 is 2.08 bits per heavy atom. The first-order valence-corrected chi connectivity index (χ1v) is 8.74. The number of imide groups is 1. The summed E-state index contributed by atoms with van der Waals surface area (Å²) in [7, 11) is 0. The highest BCUT2D eigenvalue weighted by Gasteiger charge is 2.49. The van der Waals surface area contributed by atoms with Gasteiger partial charge in [-0.1, -0.05) is 11.6 Å². The van der Waals surface area contributed by atoms with E-state index in [-0.39, 0.29) is 18.2 Å². The Morgan fingerprint density at radius 1 is 1.35 bits per heavy atom. The number of fused-ring (bicyclic) bond motifs is 1. The number of allylic oxidation sites excluding steroid dienone is 3. The van der Waals surface area contributed by atoms with Gasteiger partial charge in [0, 0.05) is 24.8 Å². The fraction of sp³-hybridized carbons (Fsp3) is 0.529. The van der Waals surface area contributed by atoms with E-state index in [0.717, 1.165) is 12.6 Å². The molecule has 3 unspecified atom stereocenters. The van der Waals surface area contributed by atoms with Crippen molar-refractivity contribution in [3.63, 3.8) is 0 Å². The summed E-state index contributed by atoms with van der Waals surface area (Å²) in [6.45, 7) is 0.315. The van der Waals surface area contributed by atoms with Crippen LogP contribution in [0.4, 0.5) is 0 Å². The summed E-state index contributed by atoms with van der Waals surface area (Å²) < 4.78 is 5.97. The number of hydrogen-bond acceptors (Lipinski definition) is 6. The number of hydrogen-bond donors (Lipinski definition) is 2. The number of carboxylic acids is 1. The fourth-order valence-corrected chi connectivity index (χ4v) is 3.75. The van der Waals surface area contributed by atoms with Gasteiger partial charge < -0.3 is 15.2 Å². The molecule has 140 valence electrons. The van der Waals surface area contributed by atoms with E-state index in [2.05, 4.69) is 5.32 Å². The van der Waals surface area contributed by atoms with Crippen LogP contribution in [-0.2, 0) is 23.9 Å². The summed E-state index contributed by atoms with van der Waals surface area (Å²) >= 11 is 6.06. The van der Waals surface area contributed by atoms with Gasteiger partial charge in [0.25, 0.3) is 0 Å². The number of ether oxygens (including phenoxy) is 1. The summed E-state index contributed by atoms with van der Waals surface area (Å²) in [5, 5.41) is 12.9. The van der Waals surface area contributed by atoms with Crippen molar-refractivity contribution in [2.24, 2.45) is 5.92 Å². The molecule has 1 saturated carbocycles. The van der Waals surface area contributed by atoms with Gasteiger partial charge in [0.1, 0.15) is 30.1 Å². The molecule has 8 nitrogen and oxygen atoms in total. The van der Waals surface area contributed by atoms with Crippen LogP contribution < -0.4 is 5.32 Å². The molecule has 2 aliphatic carbocycles. The summed E-state index contributed by atoms with van der Waals surface area (Å²) in [6.07, 6.45) is 2.77. The van der Waals surface area contributed by atoms with E-state index >= 15 is 0 Å². The Labute approximate surface area is 154 Å². The molecule has 0 spiro atoms. The number of ketones is 1. The van der Waals surface area contributed by atoms with E-state index in [1.807, 2.05) is 0 Å². The minimum atomic E-state index is -1.33. The zero-order valence-electron chi connectivity index (χ0n) is 14.2. The zero-order chi connectivity index (χ0) is 19.0. The molecule has 2 amide bonds. The maximum Gasteiger partial charge on any atom is 0.323 e. The van der Waals surface area contributed by atoms with Crippen LogP contribution in [0.25, 0.3) is 0 Å². The standard InChI is InChI=1S/C17H19ClN2O6/c1-8(21)20(7-14(23)24)17(25)15-12(22)4-3-10-16(15)26-13-5-2-9(18)6-11(13)19-10/h6,10,15-16,19H,2-5,7H2,1H3,(H,23,24). The molecular weight excluding hydrogens is 364 g/mol. The molecule has 3 aliphatic rings. The highest BCUT2D eigenvalue weighted by Crippen LogP contribution is 2.36. The largest absolute Gasteiger partial charge is 0.489 e. The second-order valence-corrected chi connectivity index (χ2v) is 7.07. The molecular formula is C17H19ClN2O6. The number of rotatable bonds is 3. The van der Waals surface area contributed by atoms with Crippen LogP contribution in [0.1, 0.15) is 32.6 Å².